The van der Waals surface area contributed by atoms with E-state index in [1.807, 2.05) is 49.4 Å². The SMILES string of the molecule is CCOc1ccc(CNC(=O)c2cc(-c3ccccc3)c(N3CCOCC3)s2)cc1OC. The number of carbonyl (C=O) groups excluding carboxylic acids is 1. The van der Waals surface area contributed by atoms with Gasteiger partial charge in [0.1, 0.15) is 0 Å². The Bertz CT molecular complexity index is 1050. The van der Waals surface area contributed by atoms with Crippen molar-refractivity contribution in [1.29, 1.82) is 0 Å². The van der Waals surface area contributed by atoms with Crippen LogP contribution in [0.25, 0.3) is 11.1 Å². The van der Waals surface area contributed by atoms with Crippen LogP contribution < -0.4 is 19.7 Å². The van der Waals surface area contributed by atoms with Gasteiger partial charge in [-0.05, 0) is 36.2 Å². The highest BCUT2D eigenvalue weighted by molar-refractivity contribution is 7.18. The Balaban J connectivity index is 1.53. The van der Waals surface area contributed by atoms with Crippen LogP contribution in [0.3, 0.4) is 0 Å². The van der Waals surface area contributed by atoms with E-state index in [0.29, 0.717) is 42.7 Å². The molecule has 3 aromatic rings. The van der Waals surface area contributed by atoms with Crippen molar-refractivity contribution in [3.8, 4) is 22.6 Å². The number of hydrogen-bond acceptors (Lipinski definition) is 6. The second-order valence-corrected chi connectivity index (χ2v) is 8.43. The average Bonchev–Trinajstić information content (AvgIpc) is 3.30. The third-order valence-corrected chi connectivity index (χ3v) is 6.49. The summed E-state index contributed by atoms with van der Waals surface area (Å²) in [5.41, 5.74) is 3.15. The normalized spacial score (nSPS) is 13.6. The number of benzene rings is 2. The van der Waals surface area contributed by atoms with Crippen LogP contribution in [0.1, 0.15) is 22.2 Å². The number of ether oxygens (including phenoxy) is 3. The van der Waals surface area contributed by atoms with Crippen LogP contribution in [0.15, 0.2) is 54.6 Å². The van der Waals surface area contributed by atoms with Crippen LogP contribution in [0.4, 0.5) is 5.00 Å². The molecule has 0 bridgehead atoms. The van der Waals surface area contributed by atoms with Crippen molar-refractivity contribution in [1.82, 2.24) is 5.32 Å². The zero-order valence-corrected chi connectivity index (χ0v) is 19.2. The second-order valence-electron chi connectivity index (χ2n) is 7.40. The van der Waals surface area contributed by atoms with Crippen LogP contribution in [-0.2, 0) is 11.3 Å². The van der Waals surface area contributed by atoms with Crippen molar-refractivity contribution < 1.29 is 19.0 Å². The number of nitrogens with zero attached hydrogens (tertiary/aromatic N) is 1. The standard InChI is InChI=1S/C25H28N2O4S/c1-3-31-21-10-9-18(15-22(21)29-2)17-26-24(28)23-16-20(19-7-5-4-6-8-19)25(32-23)27-11-13-30-14-12-27/h4-10,15-16H,3,11-14,17H2,1-2H3,(H,26,28). The molecule has 6 nitrogen and oxygen atoms in total. The monoisotopic (exact) mass is 452 g/mol. The average molecular weight is 453 g/mol. The summed E-state index contributed by atoms with van der Waals surface area (Å²) in [6.45, 7) is 5.97. The van der Waals surface area contributed by atoms with Gasteiger partial charge in [-0.2, -0.15) is 0 Å². The largest absolute Gasteiger partial charge is 0.493 e. The molecule has 0 unspecified atom stereocenters. The lowest BCUT2D eigenvalue weighted by atomic mass is 10.1. The van der Waals surface area contributed by atoms with Gasteiger partial charge in [0.2, 0.25) is 0 Å². The van der Waals surface area contributed by atoms with E-state index < -0.39 is 0 Å². The van der Waals surface area contributed by atoms with Gasteiger partial charge in [0.05, 0.1) is 36.8 Å². The van der Waals surface area contributed by atoms with Crippen LogP contribution in [0.2, 0.25) is 0 Å². The molecule has 0 saturated carbocycles. The van der Waals surface area contributed by atoms with Crippen molar-refractivity contribution in [2.75, 3.05) is 44.9 Å². The first-order valence-electron chi connectivity index (χ1n) is 10.8. The molecule has 0 aliphatic carbocycles. The minimum absolute atomic E-state index is 0.0838. The van der Waals surface area contributed by atoms with Crippen molar-refractivity contribution >= 4 is 22.2 Å². The summed E-state index contributed by atoms with van der Waals surface area (Å²) in [5, 5.41) is 4.16. The quantitative estimate of drug-likeness (QED) is 0.542. The molecule has 4 rings (SSSR count). The van der Waals surface area contributed by atoms with E-state index in [2.05, 4.69) is 22.3 Å². The predicted molar refractivity (Wildman–Crippen MR) is 128 cm³/mol. The van der Waals surface area contributed by atoms with E-state index >= 15 is 0 Å². The summed E-state index contributed by atoms with van der Waals surface area (Å²) in [4.78, 5) is 16.0. The molecule has 0 radical (unpaired) electrons. The predicted octanol–water partition coefficient (Wildman–Crippen LogP) is 4.59. The van der Waals surface area contributed by atoms with Crippen LogP contribution in [0, 0.1) is 0 Å². The first-order valence-corrected chi connectivity index (χ1v) is 11.6. The lowest BCUT2D eigenvalue weighted by molar-refractivity contribution is 0.0955. The van der Waals surface area contributed by atoms with E-state index in [1.165, 1.54) is 11.3 Å². The van der Waals surface area contributed by atoms with Crippen LogP contribution >= 0.6 is 11.3 Å². The molecular weight excluding hydrogens is 424 g/mol. The summed E-state index contributed by atoms with van der Waals surface area (Å²) in [7, 11) is 1.62. The molecule has 1 aromatic heterocycles. The molecule has 168 valence electrons. The first kappa shape index (κ1) is 22.2. The Morgan fingerprint density at radius 3 is 2.59 bits per heavy atom. The lowest BCUT2D eigenvalue weighted by Crippen LogP contribution is -2.35. The Hall–Kier alpha value is -3.03. The molecule has 7 heteroatoms. The van der Waals surface area contributed by atoms with Crippen molar-refractivity contribution in [3.63, 3.8) is 0 Å². The van der Waals surface area contributed by atoms with Crippen molar-refractivity contribution in [2.24, 2.45) is 0 Å². The molecule has 1 amide bonds. The van der Waals surface area contributed by atoms with Crippen LogP contribution in [0.5, 0.6) is 11.5 Å². The van der Waals surface area contributed by atoms with Gasteiger partial charge in [-0.15, -0.1) is 11.3 Å². The van der Waals surface area contributed by atoms with E-state index in [1.54, 1.807) is 7.11 Å². The van der Waals surface area contributed by atoms with E-state index in [0.717, 1.165) is 34.8 Å². The molecule has 32 heavy (non-hydrogen) atoms. The number of thiophene rings is 1. The van der Waals surface area contributed by atoms with Crippen molar-refractivity contribution in [2.45, 2.75) is 13.5 Å². The topological polar surface area (TPSA) is 60.0 Å². The maximum Gasteiger partial charge on any atom is 0.261 e. The Morgan fingerprint density at radius 2 is 1.88 bits per heavy atom. The minimum Gasteiger partial charge on any atom is -0.493 e. The molecule has 1 N–H and O–H groups in total. The van der Waals surface area contributed by atoms with Gasteiger partial charge < -0.3 is 24.4 Å². The maximum absolute atomic E-state index is 13.0. The maximum atomic E-state index is 13.0. The van der Waals surface area contributed by atoms with Gasteiger partial charge in [-0.1, -0.05) is 36.4 Å². The molecule has 0 atom stereocenters. The van der Waals surface area contributed by atoms with Gasteiger partial charge >= 0.3 is 0 Å². The zero-order valence-electron chi connectivity index (χ0n) is 18.4. The van der Waals surface area contributed by atoms with E-state index in [9.17, 15) is 4.79 Å². The molecular formula is C25H28N2O4S. The van der Waals surface area contributed by atoms with Gasteiger partial charge in [-0.25, -0.2) is 0 Å². The molecule has 1 aliphatic heterocycles. The smallest absolute Gasteiger partial charge is 0.261 e. The van der Waals surface area contributed by atoms with Gasteiger partial charge in [0, 0.05) is 25.2 Å². The number of anilines is 1. The Labute approximate surface area is 192 Å². The van der Waals surface area contributed by atoms with E-state index in [4.69, 9.17) is 14.2 Å². The van der Waals surface area contributed by atoms with Crippen LogP contribution in [-0.4, -0.2) is 45.9 Å². The Kier molecular flexibility index (Phi) is 7.29. The number of rotatable bonds is 8. The number of hydrogen-bond donors (Lipinski definition) is 1. The fraction of sp³-hybridized carbons (Fsp3) is 0.320. The molecule has 2 heterocycles. The molecule has 1 saturated heterocycles. The summed E-state index contributed by atoms with van der Waals surface area (Å²) in [5.74, 6) is 1.28. The highest BCUT2D eigenvalue weighted by atomic mass is 32.1. The third-order valence-electron chi connectivity index (χ3n) is 5.30. The van der Waals surface area contributed by atoms with Crippen molar-refractivity contribution in [3.05, 3.63) is 65.0 Å². The molecule has 1 fully saturated rings. The Morgan fingerprint density at radius 1 is 1.09 bits per heavy atom. The molecule has 0 spiro atoms. The number of carbonyl (C=O) groups is 1. The van der Waals surface area contributed by atoms with Gasteiger partial charge in [-0.3, -0.25) is 4.79 Å². The number of methoxy groups -OCH3 is 1. The number of morpholine rings is 1. The summed E-state index contributed by atoms with van der Waals surface area (Å²) in [6.07, 6.45) is 0. The first-order chi connectivity index (χ1) is 15.7. The number of nitrogens with one attached hydrogen (secondary N) is 1. The molecule has 1 aliphatic rings. The number of amides is 1. The molecule has 2 aromatic carbocycles. The van der Waals surface area contributed by atoms with E-state index in [-0.39, 0.29) is 5.91 Å². The summed E-state index contributed by atoms with van der Waals surface area (Å²) in [6, 6.07) is 17.9. The second kappa shape index (κ2) is 10.5. The fourth-order valence-corrected chi connectivity index (χ4v) is 4.83. The highest BCUT2D eigenvalue weighted by Gasteiger charge is 2.22. The fourth-order valence-electron chi connectivity index (χ4n) is 3.69. The summed E-state index contributed by atoms with van der Waals surface area (Å²) < 4.78 is 16.5. The zero-order chi connectivity index (χ0) is 22.3. The van der Waals surface area contributed by atoms with Gasteiger partial charge in [0.25, 0.3) is 5.91 Å². The summed E-state index contributed by atoms with van der Waals surface area (Å²) >= 11 is 1.53. The van der Waals surface area contributed by atoms with Gasteiger partial charge in [0.15, 0.2) is 11.5 Å². The lowest BCUT2D eigenvalue weighted by Gasteiger charge is -2.28. The minimum atomic E-state index is -0.0838. The third kappa shape index (κ3) is 5.06. The highest BCUT2D eigenvalue weighted by Crippen LogP contribution is 2.39.